The summed E-state index contributed by atoms with van der Waals surface area (Å²) in [4.78, 5) is 14.8. The molecule has 6 nitrogen and oxygen atoms in total. The molecule has 1 aromatic rings. The molecule has 0 spiro atoms. The Balaban J connectivity index is 2.32. The van der Waals surface area contributed by atoms with Crippen molar-refractivity contribution in [3.05, 3.63) is 17.0 Å². The highest BCUT2D eigenvalue weighted by Crippen LogP contribution is 2.26. The summed E-state index contributed by atoms with van der Waals surface area (Å²) in [5.74, 6) is 1.22. The molecule has 1 atom stereocenters. The molecule has 1 aliphatic heterocycles. The van der Waals surface area contributed by atoms with Gasteiger partial charge in [-0.2, -0.15) is 11.8 Å². The molecule has 0 aromatic carbocycles. The lowest BCUT2D eigenvalue weighted by molar-refractivity contribution is 0.0519. The molecule has 118 valence electrons. The van der Waals surface area contributed by atoms with E-state index in [1.165, 1.54) is 0 Å². The first-order chi connectivity index (χ1) is 9.86. The highest BCUT2D eigenvalue weighted by molar-refractivity contribution is 7.99. The van der Waals surface area contributed by atoms with E-state index < -0.39 is 16.0 Å². The average Bonchev–Trinajstić information content (AvgIpc) is 2.97. The molecule has 2 rings (SSSR count). The molecular weight excluding hydrogens is 312 g/mol. The second-order valence-corrected chi connectivity index (χ2v) is 7.78. The van der Waals surface area contributed by atoms with Crippen molar-refractivity contribution in [1.82, 2.24) is 9.71 Å². The first-order valence-electron chi connectivity index (χ1n) is 6.83. The van der Waals surface area contributed by atoms with E-state index in [2.05, 4.69) is 9.71 Å². The lowest BCUT2D eigenvalue weighted by Gasteiger charge is -2.12. The van der Waals surface area contributed by atoms with Gasteiger partial charge in [0.2, 0.25) is 10.0 Å². The number of hydrogen-bond donors (Lipinski definition) is 2. The van der Waals surface area contributed by atoms with Crippen LogP contribution in [0.3, 0.4) is 0 Å². The number of H-pyrrole nitrogens is 1. The SMILES string of the molecule is CCOC(=O)c1[nH]c(C)c(S(=O)(=O)NC2CCSC2)c1C. The van der Waals surface area contributed by atoms with Gasteiger partial charge < -0.3 is 9.72 Å². The Morgan fingerprint density at radius 3 is 2.76 bits per heavy atom. The summed E-state index contributed by atoms with van der Waals surface area (Å²) >= 11 is 1.73. The Morgan fingerprint density at radius 2 is 2.19 bits per heavy atom. The van der Waals surface area contributed by atoms with E-state index in [1.54, 1.807) is 32.5 Å². The second kappa shape index (κ2) is 6.41. The normalized spacial score (nSPS) is 18.9. The molecule has 8 heteroatoms. The molecule has 1 unspecified atom stereocenters. The molecule has 1 saturated heterocycles. The first-order valence-corrected chi connectivity index (χ1v) is 9.47. The van der Waals surface area contributed by atoms with Crippen LogP contribution >= 0.6 is 11.8 Å². The highest BCUT2D eigenvalue weighted by Gasteiger charge is 2.30. The average molecular weight is 332 g/mol. The summed E-state index contributed by atoms with van der Waals surface area (Å²) < 4.78 is 32.7. The van der Waals surface area contributed by atoms with E-state index in [9.17, 15) is 13.2 Å². The molecule has 2 N–H and O–H groups in total. The summed E-state index contributed by atoms with van der Waals surface area (Å²) in [5.41, 5.74) is 1.06. The Kier molecular flexibility index (Phi) is 5.00. The third-order valence-corrected chi connectivity index (χ3v) is 6.32. The van der Waals surface area contributed by atoms with E-state index in [1.807, 2.05) is 0 Å². The largest absolute Gasteiger partial charge is 0.461 e. The number of aromatic nitrogens is 1. The maximum absolute atomic E-state index is 12.5. The van der Waals surface area contributed by atoms with Gasteiger partial charge in [0, 0.05) is 23.1 Å². The van der Waals surface area contributed by atoms with Crippen molar-refractivity contribution in [1.29, 1.82) is 0 Å². The van der Waals surface area contributed by atoms with Crippen LogP contribution in [0.25, 0.3) is 0 Å². The van der Waals surface area contributed by atoms with E-state index in [0.717, 1.165) is 17.9 Å². The number of esters is 1. The van der Waals surface area contributed by atoms with Gasteiger partial charge >= 0.3 is 5.97 Å². The smallest absolute Gasteiger partial charge is 0.355 e. The second-order valence-electron chi connectivity index (χ2n) is 4.98. The van der Waals surface area contributed by atoms with Gasteiger partial charge in [-0.25, -0.2) is 17.9 Å². The molecular formula is C13H20N2O4S2. The minimum atomic E-state index is -3.64. The van der Waals surface area contributed by atoms with Gasteiger partial charge in [0.25, 0.3) is 0 Å². The summed E-state index contributed by atoms with van der Waals surface area (Å²) in [5, 5.41) is 0. The lowest BCUT2D eigenvalue weighted by atomic mass is 10.2. The van der Waals surface area contributed by atoms with Crippen molar-refractivity contribution in [3.63, 3.8) is 0 Å². The fourth-order valence-electron chi connectivity index (χ4n) is 2.45. The molecule has 1 fully saturated rings. The lowest BCUT2D eigenvalue weighted by Crippen LogP contribution is -2.35. The van der Waals surface area contributed by atoms with Gasteiger partial charge in [0.15, 0.2) is 0 Å². The summed E-state index contributed by atoms with van der Waals surface area (Å²) in [7, 11) is -3.64. The van der Waals surface area contributed by atoms with Gasteiger partial charge in [-0.1, -0.05) is 0 Å². The van der Waals surface area contributed by atoms with Crippen molar-refractivity contribution in [2.24, 2.45) is 0 Å². The van der Waals surface area contributed by atoms with Crippen LogP contribution in [0.15, 0.2) is 4.90 Å². The van der Waals surface area contributed by atoms with E-state index >= 15 is 0 Å². The topological polar surface area (TPSA) is 88.3 Å². The third-order valence-electron chi connectivity index (χ3n) is 3.37. The Morgan fingerprint density at radius 1 is 1.48 bits per heavy atom. The maximum atomic E-state index is 12.5. The minimum absolute atomic E-state index is 0.0419. The highest BCUT2D eigenvalue weighted by atomic mass is 32.2. The number of nitrogens with one attached hydrogen (secondary N) is 2. The van der Waals surface area contributed by atoms with Crippen LogP contribution < -0.4 is 4.72 Å². The summed E-state index contributed by atoms with van der Waals surface area (Å²) in [6.07, 6.45) is 0.831. The molecule has 0 bridgehead atoms. The zero-order valence-corrected chi connectivity index (χ0v) is 14.0. The number of rotatable bonds is 5. The van der Waals surface area contributed by atoms with Crippen molar-refractivity contribution < 1.29 is 17.9 Å². The van der Waals surface area contributed by atoms with Crippen molar-refractivity contribution in [2.45, 2.75) is 38.1 Å². The van der Waals surface area contributed by atoms with E-state index in [0.29, 0.717) is 11.3 Å². The van der Waals surface area contributed by atoms with Crippen LogP contribution in [0.4, 0.5) is 0 Å². The number of ether oxygens (including phenoxy) is 1. The van der Waals surface area contributed by atoms with Crippen LogP contribution in [-0.4, -0.2) is 43.5 Å². The predicted molar refractivity (Wildman–Crippen MR) is 82.3 cm³/mol. The minimum Gasteiger partial charge on any atom is -0.461 e. The van der Waals surface area contributed by atoms with Gasteiger partial charge in [-0.05, 0) is 32.9 Å². The zero-order valence-electron chi connectivity index (χ0n) is 12.4. The van der Waals surface area contributed by atoms with Crippen LogP contribution in [0.5, 0.6) is 0 Å². The van der Waals surface area contributed by atoms with Crippen molar-refractivity contribution >= 4 is 27.8 Å². The molecule has 0 amide bonds. The number of carbonyl (C=O) groups excluding carboxylic acids is 1. The fraction of sp³-hybridized carbons (Fsp3) is 0.615. The predicted octanol–water partition coefficient (Wildman–Crippen LogP) is 1.59. The molecule has 21 heavy (non-hydrogen) atoms. The van der Waals surface area contributed by atoms with Gasteiger partial charge in [0.1, 0.15) is 10.6 Å². The fourth-order valence-corrected chi connectivity index (χ4v) is 5.42. The zero-order chi connectivity index (χ0) is 15.6. The molecule has 0 saturated carbocycles. The number of aromatic amines is 1. The molecule has 1 aromatic heterocycles. The monoisotopic (exact) mass is 332 g/mol. The maximum Gasteiger partial charge on any atom is 0.355 e. The molecule has 1 aliphatic rings. The van der Waals surface area contributed by atoms with Crippen LogP contribution in [0.1, 0.15) is 35.1 Å². The van der Waals surface area contributed by atoms with Crippen LogP contribution in [0.2, 0.25) is 0 Å². The van der Waals surface area contributed by atoms with Gasteiger partial charge in [0.05, 0.1) is 6.61 Å². The van der Waals surface area contributed by atoms with E-state index in [4.69, 9.17) is 4.74 Å². The first kappa shape index (κ1) is 16.4. The number of hydrogen-bond acceptors (Lipinski definition) is 5. The molecule has 2 heterocycles. The summed E-state index contributed by atoms with van der Waals surface area (Å²) in [6.45, 7) is 5.22. The number of sulfonamides is 1. The van der Waals surface area contributed by atoms with Crippen LogP contribution in [-0.2, 0) is 14.8 Å². The van der Waals surface area contributed by atoms with Crippen LogP contribution in [0, 0.1) is 13.8 Å². The van der Waals surface area contributed by atoms with Gasteiger partial charge in [-0.3, -0.25) is 0 Å². The van der Waals surface area contributed by atoms with Crippen molar-refractivity contribution in [3.8, 4) is 0 Å². The van der Waals surface area contributed by atoms with E-state index in [-0.39, 0.29) is 23.2 Å². The number of carbonyl (C=O) groups is 1. The van der Waals surface area contributed by atoms with Gasteiger partial charge in [-0.15, -0.1) is 0 Å². The Bertz CT molecular complexity index is 631. The third kappa shape index (κ3) is 3.44. The molecule has 0 radical (unpaired) electrons. The Labute approximate surface area is 129 Å². The number of thioether (sulfide) groups is 1. The standard InChI is InChI=1S/C13H20N2O4S2/c1-4-19-13(16)11-8(2)12(9(3)14-11)21(17,18)15-10-5-6-20-7-10/h10,14-15H,4-7H2,1-3H3. The number of aryl methyl sites for hydroxylation is 1. The summed E-state index contributed by atoms with van der Waals surface area (Å²) in [6, 6.07) is -0.0419. The quantitative estimate of drug-likeness (QED) is 0.800. The molecule has 0 aliphatic carbocycles. The Hall–Kier alpha value is -0.990. The van der Waals surface area contributed by atoms with Crippen molar-refractivity contribution in [2.75, 3.05) is 18.1 Å².